The highest BCUT2D eigenvalue weighted by molar-refractivity contribution is 7.98. The van der Waals surface area contributed by atoms with Crippen molar-refractivity contribution in [2.75, 3.05) is 5.75 Å². The highest BCUT2D eigenvalue weighted by Gasteiger charge is 2.19. The van der Waals surface area contributed by atoms with E-state index >= 15 is 0 Å². The lowest BCUT2D eigenvalue weighted by atomic mass is 10.1. The van der Waals surface area contributed by atoms with Crippen LogP contribution in [0, 0.1) is 0 Å². The first-order valence-electron chi connectivity index (χ1n) is 6.05. The Morgan fingerprint density at radius 3 is 2.79 bits per heavy atom. The fourth-order valence-corrected chi connectivity index (χ4v) is 5.15. The van der Waals surface area contributed by atoms with Gasteiger partial charge >= 0.3 is 0 Å². The van der Waals surface area contributed by atoms with Gasteiger partial charge in [0, 0.05) is 25.6 Å². The number of hydrogen-bond acceptors (Lipinski definition) is 3. The zero-order chi connectivity index (χ0) is 13.4. The second-order valence-corrected chi connectivity index (χ2v) is 7.66. The maximum atomic E-state index is 6.36. The molecular weight excluding hydrogens is 317 g/mol. The van der Waals surface area contributed by atoms with Crippen molar-refractivity contribution in [2.24, 2.45) is 5.73 Å². The van der Waals surface area contributed by atoms with E-state index < -0.39 is 0 Å². The molecular formula is C14H13Cl2NS2. The molecule has 100 valence electrons. The lowest BCUT2D eigenvalue weighted by Gasteiger charge is -2.12. The van der Waals surface area contributed by atoms with Gasteiger partial charge in [-0.1, -0.05) is 29.3 Å². The summed E-state index contributed by atoms with van der Waals surface area (Å²) in [5.41, 5.74) is 8.74. The highest BCUT2D eigenvalue weighted by atomic mass is 35.5. The number of thioether (sulfide) groups is 1. The maximum Gasteiger partial charge on any atom is 0.0660 e. The molecule has 0 fully saturated rings. The number of benzene rings is 1. The molecule has 3 rings (SSSR count). The molecule has 19 heavy (non-hydrogen) atoms. The third-order valence-corrected chi connectivity index (χ3v) is 6.14. The molecule has 2 heterocycles. The van der Waals surface area contributed by atoms with Crippen LogP contribution in [0.5, 0.6) is 0 Å². The fraction of sp³-hybridized carbons (Fsp3) is 0.286. The van der Waals surface area contributed by atoms with Crippen molar-refractivity contribution in [1.29, 1.82) is 0 Å². The highest BCUT2D eigenvalue weighted by Crippen LogP contribution is 2.37. The number of halogens is 2. The van der Waals surface area contributed by atoms with Gasteiger partial charge in [0.05, 0.1) is 6.04 Å². The van der Waals surface area contributed by atoms with Crippen LogP contribution in [0.4, 0.5) is 0 Å². The van der Waals surface area contributed by atoms with Crippen molar-refractivity contribution in [3.05, 3.63) is 55.2 Å². The minimum Gasteiger partial charge on any atom is -0.320 e. The van der Waals surface area contributed by atoms with E-state index in [1.165, 1.54) is 21.1 Å². The lowest BCUT2D eigenvalue weighted by molar-refractivity contribution is 0.893. The Hall–Kier alpha value is -0.190. The molecule has 1 nitrogen and oxygen atoms in total. The average molecular weight is 330 g/mol. The van der Waals surface area contributed by atoms with Gasteiger partial charge in [0.1, 0.15) is 0 Å². The van der Waals surface area contributed by atoms with E-state index in [0.29, 0.717) is 10.0 Å². The zero-order valence-corrected chi connectivity index (χ0v) is 13.3. The smallest absolute Gasteiger partial charge is 0.0660 e. The normalized spacial score (nSPS) is 16.2. The molecule has 1 aliphatic rings. The monoisotopic (exact) mass is 329 g/mol. The van der Waals surface area contributed by atoms with Gasteiger partial charge in [-0.15, -0.1) is 11.3 Å². The topological polar surface area (TPSA) is 26.0 Å². The number of rotatable bonds is 2. The van der Waals surface area contributed by atoms with Gasteiger partial charge < -0.3 is 5.73 Å². The van der Waals surface area contributed by atoms with Crippen LogP contribution in [0.2, 0.25) is 10.0 Å². The van der Waals surface area contributed by atoms with Gasteiger partial charge in [-0.25, -0.2) is 0 Å². The van der Waals surface area contributed by atoms with Crippen molar-refractivity contribution in [3.63, 3.8) is 0 Å². The second kappa shape index (κ2) is 5.66. The van der Waals surface area contributed by atoms with E-state index in [1.807, 2.05) is 35.2 Å². The van der Waals surface area contributed by atoms with E-state index in [0.717, 1.165) is 17.7 Å². The number of nitrogens with two attached hydrogens (primary N) is 1. The van der Waals surface area contributed by atoms with Gasteiger partial charge in [-0.2, -0.15) is 11.8 Å². The summed E-state index contributed by atoms with van der Waals surface area (Å²) < 4.78 is 0. The van der Waals surface area contributed by atoms with Crippen LogP contribution < -0.4 is 5.73 Å². The SMILES string of the molecule is NC(c1cc2c(s1)CCSC2)c1ccc(Cl)cc1Cl. The fourth-order valence-electron chi connectivity index (χ4n) is 2.23. The average Bonchev–Trinajstić information content (AvgIpc) is 2.81. The van der Waals surface area contributed by atoms with E-state index in [2.05, 4.69) is 6.07 Å². The predicted molar refractivity (Wildman–Crippen MR) is 86.7 cm³/mol. The second-order valence-electron chi connectivity index (χ2n) is 4.54. The molecule has 0 spiro atoms. The molecule has 0 amide bonds. The molecule has 1 aliphatic heterocycles. The number of aryl methyl sites for hydroxylation is 1. The third-order valence-electron chi connectivity index (χ3n) is 3.25. The van der Waals surface area contributed by atoms with Gasteiger partial charge in [-0.3, -0.25) is 0 Å². The van der Waals surface area contributed by atoms with E-state index in [9.17, 15) is 0 Å². The van der Waals surface area contributed by atoms with Crippen LogP contribution >= 0.6 is 46.3 Å². The van der Waals surface area contributed by atoms with Gasteiger partial charge in [0.15, 0.2) is 0 Å². The molecule has 0 saturated heterocycles. The van der Waals surface area contributed by atoms with E-state index in [4.69, 9.17) is 28.9 Å². The molecule has 1 unspecified atom stereocenters. The van der Waals surface area contributed by atoms with Gasteiger partial charge in [0.2, 0.25) is 0 Å². The van der Waals surface area contributed by atoms with Crippen LogP contribution in [0.15, 0.2) is 24.3 Å². The van der Waals surface area contributed by atoms with Crippen LogP contribution in [-0.4, -0.2) is 5.75 Å². The summed E-state index contributed by atoms with van der Waals surface area (Å²) in [6.45, 7) is 0. The standard InChI is InChI=1S/C14H13Cl2NS2/c15-9-1-2-10(11(16)6-9)14(17)13-5-8-7-18-4-3-12(8)19-13/h1-2,5-6,14H,3-4,7,17H2. The molecule has 1 aromatic carbocycles. The first-order chi connectivity index (χ1) is 9.15. The molecule has 5 heteroatoms. The summed E-state index contributed by atoms with van der Waals surface area (Å²) in [6.07, 6.45) is 1.16. The van der Waals surface area contributed by atoms with Gasteiger partial charge in [-0.05, 0) is 41.5 Å². The van der Waals surface area contributed by atoms with Crippen molar-refractivity contribution in [2.45, 2.75) is 18.2 Å². The Labute approximate surface area is 131 Å². The van der Waals surface area contributed by atoms with Crippen molar-refractivity contribution < 1.29 is 0 Å². The van der Waals surface area contributed by atoms with Gasteiger partial charge in [0.25, 0.3) is 0 Å². The summed E-state index contributed by atoms with van der Waals surface area (Å²) in [4.78, 5) is 2.67. The summed E-state index contributed by atoms with van der Waals surface area (Å²) in [7, 11) is 0. The summed E-state index contributed by atoms with van der Waals surface area (Å²) in [5.74, 6) is 2.32. The number of thiophene rings is 1. The van der Waals surface area contributed by atoms with Crippen molar-refractivity contribution in [1.82, 2.24) is 0 Å². The van der Waals surface area contributed by atoms with Crippen molar-refractivity contribution >= 4 is 46.3 Å². The van der Waals surface area contributed by atoms with E-state index in [1.54, 1.807) is 6.07 Å². The van der Waals surface area contributed by atoms with E-state index in [-0.39, 0.29) is 6.04 Å². The first kappa shape index (κ1) is 13.8. The molecule has 1 aromatic heterocycles. The molecule has 0 saturated carbocycles. The Kier molecular flexibility index (Phi) is 4.11. The molecule has 0 radical (unpaired) electrons. The first-order valence-corrected chi connectivity index (χ1v) is 8.77. The maximum absolute atomic E-state index is 6.36. The Morgan fingerprint density at radius 2 is 2.05 bits per heavy atom. The summed E-state index contributed by atoms with van der Waals surface area (Å²) >= 11 is 16.0. The summed E-state index contributed by atoms with van der Waals surface area (Å²) in [6, 6.07) is 7.59. The molecule has 1 atom stereocenters. The number of fused-ring (bicyclic) bond motifs is 1. The van der Waals surface area contributed by atoms with Crippen LogP contribution in [0.1, 0.15) is 26.9 Å². The molecule has 0 bridgehead atoms. The molecule has 2 aromatic rings. The third kappa shape index (κ3) is 2.81. The van der Waals surface area contributed by atoms with Crippen LogP contribution in [-0.2, 0) is 12.2 Å². The Balaban J connectivity index is 1.94. The molecule has 2 N–H and O–H groups in total. The van der Waals surface area contributed by atoms with Crippen molar-refractivity contribution in [3.8, 4) is 0 Å². The zero-order valence-electron chi connectivity index (χ0n) is 10.2. The Morgan fingerprint density at radius 1 is 1.21 bits per heavy atom. The number of hydrogen-bond donors (Lipinski definition) is 1. The summed E-state index contributed by atoms with van der Waals surface area (Å²) in [5, 5.41) is 1.28. The quantitative estimate of drug-likeness (QED) is 0.848. The minimum absolute atomic E-state index is 0.162. The lowest BCUT2D eigenvalue weighted by Crippen LogP contribution is -2.10. The predicted octanol–water partition coefficient (Wildman–Crippen LogP) is 4.89. The van der Waals surface area contributed by atoms with Crippen LogP contribution in [0.25, 0.3) is 0 Å². The largest absolute Gasteiger partial charge is 0.320 e. The molecule has 0 aliphatic carbocycles. The van der Waals surface area contributed by atoms with Crippen LogP contribution in [0.3, 0.4) is 0 Å². The Bertz CT molecular complexity index is 586. The minimum atomic E-state index is -0.162.